The van der Waals surface area contributed by atoms with Crippen molar-refractivity contribution in [1.29, 1.82) is 0 Å². The predicted octanol–water partition coefficient (Wildman–Crippen LogP) is 2.24. The molecule has 1 heterocycles. The van der Waals surface area contributed by atoms with Crippen molar-refractivity contribution in [2.45, 2.75) is 18.4 Å². The summed E-state index contributed by atoms with van der Waals surface area (Å²) < 4.78 is 26.4. The van der Waals surface area contributed by atoms with Gasteiger partial charge in [-0.1, -0.05) is 12.1 Å². The fraction of sp³-hybridized carbons (Fsp3) is 0.167. The van der Waals surface area contributed by atoms with Gasteiger partial charge in [0, 0.05) is 16.3 Å². The number of hydrogen-bond acceptors (Lipinski definition) is 4. The normalized spacial score (nSPS) is 11.6. The molecule has 0 saturated carbocycles. The molecule has 4 nitrogen and oxygen atoms in total. The van der Waals surface area contributed by atoms with E-state index in [2.05, 4.69) is 4.72 Å². The van der Waals surface area contributed by atoms with Crippen LogP contribution in [0.25, 0.3) is 0 Å². The van der Waals surface area contributed by atoms with E-state index in [9.17, 15) is 13.5 Å². The minimum Gasteiger partial charge on any atom is -0.507 e. The number of phenols is 1. The number of aryl methyl sites for hydroxylation is 1. The van der Waals surface area contributed by atoms with Crippen LogP contribution in [-0.4, -0.2) is 13.5 Å². The number of nitrogens with one attached hydrogen (secondary N) is 1. The number of hydrogen-bond donors (Lipinski definition) is 2. The number of phenolic OH excluding ortho intramolecular Hbond substituents is 1. The third-order valence-electron chi connectivity index (χ3n) is 2.39. The Morgan fingerprint density at radius 2 is 1.94 bits per heavy atom. The Labute approximate surface area is 110 Å². The van der Waals surface area contributed by atoms with Crippen LogP contribution < -0.4 is 4.72 Å². The maximum Gasteiger partial charge on any atom is 0.244 e. The molecule has 1 aromatic carbocycles. The van der Waals surface area contributed by atoms with Crippen LogP contribution in [0.15, 0.2) is 41.3 Å². The van der Waals surface area contributed by atoms with Crippen molar-refractivity contribution >= 4 is 21.4 Å². The van der Waals surface area contributed by atoms with Gasteiger partial charge < -0.3 is 5.11 Å². The zero-order chi connectivity index (χ0) is 13.2. The predicted molar refractivity (Wildman–Crippen MR) is 71.2 cm³/mol. The molecule has 2 aromatic rings. The van der Waals surface area contributed by atoms with Gasteiger partial charge in [-0.05, 0) is 31.2 Å². The van der Waals surface area contributed by atoms with Crippen molar-refractivity contribution in [1.82, 2.24) is 4.72 Å². The number of aromatic hydroxyl groups is 1. The lowest BCUT2D eigenvalue weighted by atomic mass is 10.3. The van der Waals surface area contributed by atoms with Crippen LogP contribution in [-0.2, 0) is 16.6 Å². The maximum atomic E-state index is 12.0. The fourth-order valence-corrected chi connectivity index (χ4v) is 3.53. The van der Waals surface area contributed by atoms with Crippen molar-refractivity contribution in [2.75, 3.05) is 0 Å². The van der Waals surface area contributed by atoms with Gasteiger partial charge in [-0.3, -0.25) is 0 Å². The maximum absolute atomic E-state index is 12.0. The van der Waals surface area contributed by atoms with Crippen molar-refractivity contribution in [3.8, 4) is 5.75 Å². The van der Waals surface area contributed by atoms with Crippen LogP contribution in [0.1, 0.15) is 9.75 Å². The Bertz CT molecular complexity index is 647. The highest BCUT2D eigenvalue weighted by Crippen LogP contribution is 2.22. The van der Waals surface area contributed by atoms with Crippen LogP contribution in [0.3, 0.4) is 0 Å². The van der Waals surface area contributed by atoms with E-state index in [1.807, 2.05) is 19.1 Å². The number of sulfonamides is 1. The van der Waals surface area contributed by atoms with Gasteiger partial charge in [0.25, 0.3) is 0 Å². The second-order valence-electron chi connectivity index (χ2n) is 3.80. The van der Waals surface area contributed by atoms with E-state index >= 15 is 0 Å². The van der Waals surface area contributed by atoms with Gasteiger partial charge in [0.1, 0.15) is 10.6 Å². The third-order valence-corrected chi connectivity index (χ3v) is 4.84. The number of benzene rings is 1. The molecule has 0 aliphatic heterocycles. The molecule has 0 amide bonds. The lowest BCUT2D eigenvalue weighted by Crippen LogP contribution is -2.22. The topological polar surface area (TPSA) is 66.4 Å². The Balaban J connectivity index is 2.16. The Morgan fingerprint density at radius 3 is 2.56 bits per heavy atom. The summed E-state index contributed by atoms with van der Waals surface area (Å²) in [6.07, 6.45) is 0. The van der Waals surface area contributed by atoms with E-state index in [0.717, 1.165) is 9.75 Å². The Hall–Kier alpha value is -1.37. The first-order valence-corrected chi connectivity index (χ1v) is 7.62. The van der Waals surface area contributed by atoms with Crippen LogP contribution in [0.4, 0.5) is 0 Å². The first-order valence-electron chi connectivity index (χ1n) is 5.32. The monoisotopic (exact) mass is 283 g/mol. The Kier molecular flexibility index (Phi) is 3.70. The number of rotatable bonds is 4. The first-order chi connectivity index (χ1) is 8.49. The lowest BCUT2D eigenvalue weighted by molar-refractivity contribution is 0.458. The molecule has 0 radical (unpaired) electrons. The molecule has 18 heavy (non-hydrogen) atoms. The van der Waals surface area contributed by atoms with E-state index < -0.39 is 10.0 Å². The molecule has 2 N–H and O–H groups in total. The summed E-state index contributed by atoms with van der Waals surface area (Å²) in [6.45, 7) is 2.20. The van der Waals surface area contributed by atoms with Crippen LogP contribution >= 0.6 is 11.3 Å². The molecule has 0 saturated heterocycles. The third kappa shape index (κ3) is 2.90. The average molecular weight is 283 g/mol. The second kappa shape index (κ2) is 5.09. The van der Waals surface area contributed by atoms with Crippen LogP contribution in [0.5, 0.6) is 5.75 Å². The minimum atomic E-state index is -3.67. The molecule has 1 aromatic heterocycles. The standard InChI is InChI=1S/C12H13NO3S2/c1-9-6-7-10(17-9)8-13-18(15,16)12-5-3-2-4-11(12)14/h2-7,13-14H,8H2,1H3. The summed E-state index contributed by atoms with van der Waals surface area (Å²) in [5.74, 6) is -0.243. The molecule has 0 unspecified atom stereocenters. The summed E-state index contributed by atoms with van der Waals surface area (Å²) in [5, 5.41) is 9.53. The van der Waals surface area contributed by atoms with Gasteiger partial charge in [-0.15, -0.1) is 11.3 Å². The summed E-state index contributed by atoms with van der Waals surface area (Å²) >= 11 is 1.54. The quantitative estimate of drug-likeness (QED) is 0.904. The van der Waals surface area contributed by atoms with Gasteiger partial charge in [-0.25, -0.2) is 13.1 Å². The van der Waals surface area contributed by atoms with Crippen molar-refractivity contribution in [3.05, 3.63) is 46.2 Å². The molecule has 96 valence electrons. The summed E-state index contributed by atoms with van der Waals surface area (Å²) in [6, 6.07) is 9.70. The zero-order valence-electron chi connectivity index (χ0n) is 9.75. The van der Waals surface area contributed by atoms with E-state index in [0.29, 0.717) is 0 Å². The smallest absolute Gasteiger partial charge is 0.244 e. The molecule has 0 aliphatic rings. The van der Waals surface area contributed by atoms with Gasteiger partial charge in [0.2, 0.25) is 10.0 Å². The summed E-state index contributed by atoms with van der Waals surface area (Å²) in [7, 11) is -3.67. The molecule has 0 spiro atoms. The van der Waals surface area contributed by atoms with Crippen molar-refractivity contribution in [3.63, 3.8) is 0 Å². The Morgan fingerprint density at radius 1 is 1.22 bits per heavy atom. The second-order valence-corrected chi connectivity index (χ2v) is 6.91. The number of thiophene rings is 1. The van der Waals surface area contributed by atoms with Gasteiger partial charge in [-0.2, -0.15) is 0 Å². The minimum absolute atomic E-state index is 0.0988. The van der Waals surface area contributed by atoms with E-state index in [-0.39, 0.29) is 17.2 Å². The van der Waals surface area contributed by atoms with Gasteiger partial charge >= 0.3 is 0 Å². The largest absolute Gasteiger partial charge is 0.507 e. The van der Waals surface area contributed by atoms with E-state index in [1.54, 1.807) is 12.1 Å². The van der Waals surface area contributed by atoms with Gasteiger partial charge in [0.15, 0.2) is 0 Å². The summed E-state index contributed by atoms with van der Waals surface area (Å²) in [5.41, 5.74) is 0. The first kappa shape index (κ1) is 13.1. The molecular weight excluding hydrogens is 270 g/mol. The van der Waals surface area contributed by atoms with E-state index in [4.69, 9.17) is 0 Å². The van der Waals surface area contributed by atoms with Gasteiger partial charge in [0.05, 0.1) is 0 Å². The molecule has 0 atom stereocenters. The highest BCUT2D eigenvalue weighted by Gasteiger charge is 2.17. The highest BCUT2D eigenvalue weighted by molar-refractivity contribution is 7.89. The zero-order valence-corrected chi connectivity index (χ0v) is 11.4. The SMILES string of the molecule is Cc1ccc(CNS(=O)(=O)c2ccccc2O)s1. The molecule has 6 heteroatoms. The molecule has 0 fully saturated rings. The lowest BCUT2D eigenvalue weighted by Gasteiger charge is -2.07. The van der Waals surface area contributed by atoms with Crippen LogP contribution in [0.2, 0.25) is 0 Å². The fourth-order valence-electron chi connectivity index (χ4n) is 1.51. The van der Waals surface area contributed by atoms with Crippen molar-refractivity contribution in [2.24, 2.45) is 0 Å². The molecule has 0 bridgehead atoms. The highest BCUT2D eigenvalue weighted by atomic mass is 32.2. The molecule has 2 rings (SSSR count). The molecule has 0 aliphatic carbocycles. The summed E-state index contributed by atoms with van der Waals surface area (Å²) in [4.78, 5) is 1.97. The molecular formula is C12H13NO3S2. The average Bonchev–Trinajstić information content (AvgIpc) is 2.73. The number of para-hydroxylation sites is 1. The van der Waals surface area contributed by atoms with Crippen molar-refractivity contribution < 1.29 is 13.5 Å². The van der Waals surface area contributed by atoms with E-state index in [1.165, 1.54) is 23.5 Å². The van der Waals surface area contributed by atoms with Crippen LogP contribution in [0, 0.1) is 6.92 Å².